The summed E-state index contributed by atoms with van der Waals surface area (Å²) in [4.78, 5) is 18.8. The number of carbonyl (C=O) groups is 1. The highest BCUT2D eigenvalue weighted by atomic mass is 16.2. The average molecular weight is 337 g/mol. The molecule has 1 aromatic carbocycles. The molecule has 0 saturated carbocycles. The van der Waals surface area contributed by atoms with Crippen LogP contribution in [0.25, 0.3) is 0 Å². The summed E-state index contributed by atoms with van der Waals surface area (Å²) in [7, 11) is 0. The maximum Gasteiger partial charge on any atom is 0.272 e. The number of piperidine rings is 1. The van der Waals surface area contributed by atoms with Crippen molar-refractivity contribution in [2.24, 2.45) is 5.92 Å². The van der Waals surface area contributed by atoms with Crippen LogP contribution in [0.15, 0.2) is 48.7 Å². The van der Waals surface area contributed by atoms with Crippen molar-refractivity contribution in [2.75, 3.05) is 25.0 Å². The zero-order chi connectivity index (χ0) is 17.5. The Labute approximate surface area is 150 Å². The van der Waals surface area contributed by atoms with Gasteiger partial charge in [-0.25, -0.2) is 0 Å². The molecule has 0 aliphatic carbocycles. The molecule has 1 aliphatic heterocycles. The van der Waals surface area contributed by atoms with Crippen LogP contribution in [0.3, 0.4) is 0 Å². The SMILES string of the molecule is CC1CCN(C(=O)c2cc(NCCCc3ccccc3)ccn2)CC1. The standard InChI is InChI=1S/C21H27N3O/c1-17-10-14-24(15-11-17)21(25)20-16-19(9-13-23-20)22-12-5-8-18-6-3-2-4-7-18/h2-4,6-7,9,13,16-17H,5,8,10-12,14-15H2,1H3,(H,22,23). The van der Waals surface area contributed by atoms with Crippen LogP contribution in [-0.2, 0) is 6.42 Å². The van der Waals surface area contributed by atoms with E-state index < -0.39 is 0 Å². The fourth-order valence-electron chi connectivity index (χ4n) is 3.20. The fourth-order valence-corrected chi connectivity index (χ4v) is 3.20. The zero-order valence-corrected chi connectivity index (χ0v) is 14.9. The van der Waals surface area contributed by atoms with Gasteiger partial charge in [-0.15, -0.1) is 0 Å². The van der Waals surface area contributed by atoms with Crippen molar-refractivity contribution in [1.29, 1.82) is 0 Å². The number of amides is 1. The van der Waals surface area contributed by atoms with E-state index >= 15 is 0 Å². The average Bonchev–Trinajstić information content (AvgIpc) is 2.66. The smallest absolute Gasteiger partial charge is 0.272 e. The molecule has 2 heterocycles. The summed E-state index contributed by atoms with van der Waals surface area (Å²) in [6.07, 6.45) is 6.00. The van der Waals surface area contributed by atoms with E-state index in [1.165, 1.54) is 5.56 Å². The fraction of sp³-hybridized carbons (Fsp3) is 0.429. The predicted molar refractivity (Wildman–Crippen MR) is 102 cm³/mol. The van der Waals surface area contributed by atoms with Gasteiger partial charge >= 0.3 is 0 Å². The molecule has 2 aromatic rings. The molecule has 1 aromatic heterocycles. The van der Waals surface area contributed by atoms with Crippen molar-refractivity contribution in [3.05, 3.63) is 59.9 Å². The van der Waals surface area contributed by atoms with Gasteiger partial charge in [0.1, 0.15) is 5.69 Å². The largest absolute Gasteiger partial charge is 0.385 e. The van der Waals surface area contributed by atoms with Gasteiger partial charge in [0.05, 0.1) is 0 Å². The van der Waals surface area contributed by atoms with E-state index in [2.05, 4.69) is 41.5 Å². The van der Waals surface area contributed by atoms with Crippen LogP contribution >= 0.6 is 0 Å². The summed E-state index contributed by atoms with van der Waals surface area (Å²) in [6, 6.07) is 14.3. The molecule has 4 nitrogen and oxygen atoms in total. The van der Waals surface area contributed by atoms with Crippen molar-refractivity contribution in [3.63, 3.8) is 0 Å². The number of hydrogen-bond acceptors (Lipinski definition) is 3. The van der Waals surface area contributed by atoms with E-state index in [9.17, 15) is 4.79 Å². The Morgan fingerprint density at radius 3 is 2.72 bits per heavy atom. The lowest BCUT2D eigenvalue weighted by atomic mass is 9.99. The number of anilines is 1. The molecule has 1 amide bonds. The molecule has 1 N–H and O–H groups in total. The van der Waals surface area contributed by atoms with E-state index in [1.807, 2.05) is 23.1 Å². The Kier molecular flexibility index (Phi) is 6.04. The molecular formula is C21H27N3O. The van der Waals surface area contributed by atoms with Gasteiger partial charge in [0.15, 0.2) is 0 Å². The summed E-state index contributed by atoms with van der Waals surface area (Å²) in [6.45, 7) is 4.82. The first-order valence-electron chi connectivity index (χ1n) is 9.25. The van der Waals surface area contributed by atoms with Crippen molar-refractivity contribution in [3.8, 4) is 0 Å². The number of nitrogens with one attached hydrogen (secondary N) is 1. The number of hydrogen-bond donors (Lipinski definition) is 1. The van der Waals surface area contributed by atoms with Crippen LogP contribution in [0.1, 0.15) is 42.2 Å². The number of nitrogens with zero attached hydrogens (tertiary/aromatic N) is 2. The molecule has 1 saturated heterocycles. The van der Waals surface area contributed by atoms with Gasteiger partial charge < -0.3 is 10.2 Å². The first kappa shape index (κ1) is 17.5. The van der Waals surface area contributed by atoms with E-state index in [4.69, 9.17) is 0 Å². The van der Waals surface area contributed by atoms with Crippen LogP contribution < -0.4 is 5.32 Å². The van der Waals surface area contributed by atoms with Crippen LogP contribution in [0.2, 0.25) is 0 Å². The highest BCUT2D eigenvalue weighted by molar-refractivity contribution is 5.93. The molecule has 4 heteroatoms. The number of aromatic nitrogens is 1. The summed E-state index contributed by atoms with van der Waals surface area (Å²) >= 11 is 0. The first-order valence-corrected chi connectivity index (χ1v) is 9.25. The molecule has 1 aliphatic rings. The van der Waals surface area contributed by atoms with Gasteiger partial charge in [0.2, 0.25) is 0 Å². The Balaban J connectivity index is 1.50. The third-order valence-electron chi connectivity index (χ3n) is 4.86. The number of benzene rings is 1. The quantitative estimate of drug-likeness (QED) is 0.811. The van der Waals surface area contributed by atoms with E-state index in [-0.39, 0.29) is 5.91 Å². The summed E-state index contributed by atoms with van der Waals surface area (Å²) in [5, 5.41) is 3.41. The number of aryl methyl sites for hydroxylation is 1. The van der Waals surface area contributed by atoms with Crippen molar-refractivity contribution in [2.45, 2.75) is 32.6 Å². The molecule has 0 unspecified atom stereocenters. The van der Waals surface area contributed by atoms with Crippen LogP contribution in [-0.4, -0.2) is 35.4 Å². The lowest BCUT2D eigenvalue weighted by molar-refractivity contribution is 0.0691. The van der Waals surface area contributed by atoms with Crippen molar-refractivity contribution >= 4 is 11.6 Å². The van der Waals surface area contributed by atoms with Crippen LogP contribution in [0, 0.1) is 5.92 Å². The molecule has 0 spiro atoms. The molecule has 132 valence electrons. The first-order chi connectivity index (χ1) is 12.2. The molecule has 0 radical (unpaired) electrons. The van der Waals surface area contributed by atoms with E-state index in [1.54, 1.807) is 6.20 Å². The third kappa shape index (κ3) is 5.05. The predicted octanol–water partition coefficient (Wildman–Crippen LogP) is 4.00. The lowest BCUT2D eigenvalue weighted by Crippen LogP contribution is -2.38. The number of carbonyl (C=O) groups excluding carboxylic acids is 1. The molecular weight excluding hydrogens is 310 g/mol. The zero-order valence-electron chi connectivity index (χ0n) is 14.9. The Bertz CT molecular complexity index is 679. The summed E-state index contributed by atoms with van der Waals surface area (Å²) in [5.74, 6) is 0.773. The van der Waals surface area contributed by atoms with Gasteiger partial charge in [-0.3, -0.25) is 9.78 Å². The Hall–Kier alpha value is -2.36. The third-order valence-corrected chi connectivity index (χ3v) is 4.86. The van der Waals surface area contributed by atoms with Gasteiger partial charge in [0, 0.05) is 31.5 Å². The molecule has 25 heavy (non-hydrogen) atoms. The van der Waals surface area contributed by atoms with E-state index in [0.29, 0.717) is 5.69 Å². The van der Waals surface area contributed by atoms with Gasteiger partial charge in [0.25, 0.3) is 5.91 Å². The van der Waals surface area contributed by atoms with Gasteiger partial charge in [-0.1, -0.05) is 37.3 Å². The second-order valence-corrected chi connectivity index (χ2v) is 6.92. The number of likely N-dealkylation sites (tertiary alicyclic amines) is 1. The minimum atomic E-state index is 0.0554. The molecule has 0 atom stereocenters. The van der Waals surface area contributed by atoms with Gasteiger partial charge in [-0.2, -0.15) is 0 Å². The second kappa shape index (κ2) is 8.65. The maximum atomic E-state index is 12.6. The van der Waals surface area contributed by atoms with Crippen molar-refractivity contribution < 1.29 is 4.79 Å². The number of rotatable bonds is 6. The molecule has 1 fully saturated rings. The van der Waals surface area contributed by atoms with Gasteiger partial charge in [-0.05, 0) is 49.3 Å². The highest BCUT2D eigenvalue weighted by Gasteiger charge is 2.22. The normalized spacial score (nSPS) is 15.2. The maximum absolute atomic E-state index is 12.6. The summed E-state index contributed by atoms with van der Waals surface area (Å²) in [5.41, 5.74) is 2.87. The Morgan fingerprint density at radius 2 is 1.96 bits per heavy atom. The minimum Gasteiger partial charge on any atom is -0.385 e. The lowest BCUT2D eigenvalue weighted by Gasteiger charge is -2.30. The number of pyridine rings is 1. The Morgan fingerprint density at radius 1 is 1.20 bits per heavy atom. The van der Waals surface area contributed by atoms with E-state index in [0.717, 1.165) is 56.9 Å². The topological polar surface area (TPSA) is 45.2 Å². The second-order valence-electron chi connectivity index (χ2n) is 6.92. The van der Waals surface area contributed by atoms with Crippen LogP contribution in [0.4, 0.5) is 5.69 Å². The summed E-state index contributed by atoms with van der Waals surface area (Å²) < 4.78 is 0. The highest BCUT2D eigenvalue weighted by Crippen LogP contribution is 2.18. The van der Waals surface area contributed by atoms with Crippen LogP contribution in [0.5, 0.6) is 0 Å². The molecule has 0 bridgehead atoms. The molecule has 3 rings (SSSR count). The minimum absolute atomic E-state index is 0.0554. The van der Waals surface area contributed by atoms with Crippen molar-refractivity contribution in [1.82, 2.24) is 9.88 Å². The monoisotopic (exact) mass is 337 g/mol.